The number of hydrogen-bond acceptors (Lipinski definition) is 5. The number of anilines is 2. The number of rotatable bonds is 4. The lowest BCUT2D eigenvalue weighted by Gasteiger charge is -2.28. The molecule has 1 fully saturated rings. The normalized spacial score (nSPS) is 16.4. The number of nitrogens with one attached hydrogen (secondary N) is 1. The molecule has 116 valence electrons. The summed E-state index contributed by atoms with van der Waals surface area (Å²) in [5, 5.41) is 3.25. The molecule has 0 saturated carbocycles. The number of morpholine rings is 1. The SMILES string of the molecule is CC(Nc1ccc(N2CCOCC2)cn1)c1cncc(F)c1. The van der Waals surface area contributed by atoms with Gasteiger partial charge in [0.1, 0.15) is 11.6 Å². The first-order valence-electron chi connectivity index (χ1n) is 7.38. The van der Waals surface area contributed by atoms with E-state index in [1.807, 2.05) is 25.3 Å². The molecule has 1 saturated heterocycles. The Hall–Kier alpha value is -2.21. The van der Waals surface area contributed by atoms with Crippen LogP contribution in [-0.4, -0.2) is 36.3 Å². The Morgan fingerprint density at radius 2 is 2.05 bits per heavy atom. The topological polar surface area (TPSA) is 50.3 Å². The minimum Gasteiger partial charge on any atom is -0.378 e. The van der Waals surface area contributed by atoms with E-state index < -0.39 is 0 Å². The van der Waals surface area contributed by atoms with Gasteiger partial charge in [0, 0.05) is 19.3 Å². The third-order valence-corrected chi connectivity index (χ3v) is 3.71. The lowest BCUT2D eigenvalue weighted by Crippen LogP contribution is -2.36. The number of hydrogen-bond donors (Lipinski definition) is 1. The smallest absolute Gasteiger partial charge is 0.141 e. The third-order valence-electron chi connectivity index (χ3n) is 3.71. The zero-order valence-corrected chi connectivity index (χ0v) is 12.5. The molecule has 5 nitrogen and oxygen atoms in total. The summed E-state index contributed by atoms with van der Waals surface area (Å²) in [5.41, 5.74) is 1.88. The molecule has 2 aromatic heterocycles. The number of nitrogens with zero attached hydrogens (tertiary/aromatic N) is 3. The average Bonchev–Trinajstić information content (AvgIpc) is 2.56. The Bertz CT molecular complexity index is 614. The summed E-state index contributed by atoms with van der Waals surface area (Å²) in [6, 6.07) is 5.39. The van der Waals surface area contributed by atoms with E-state index in [9.17, 15) is 4.39 Å². The molecule has 2 aromatic rings. The van der Waals surface area contributed by atoms with Crippen molar-refractivity contribution >= 4 is 11.5 Å². The third kappa shape index (κ3) is 3.51. The van der Waals surface area contributed by atoms with Crippen molar-refractivity contribution in [3.63, 3.8) is 0 Å². The molecule has 3 heterocycles. The van der Waals surface area contributed by atoms with Crippen molar-refractivity contribution in [1.29, 1.82) is 0 Å². The van der Waals surface area contributed by atoms with Crippen LogP contribution in [0.4, 0.5) is 15.9 Å². The van der Waals surface area contributed by atoms with Crippen LogP contribution < -0.4 is 10.2 Å². The average molecular weight is 302 g/mol. The molecule has 0 spiro atoms. The van der Waals surface area contributed by atoms with Gasteiger partial charge >= 0.3 is 0 Å². The number of ether oxygens (including phenoxy) is 1. The van der Waals surface area contributed by atoms with Crippen LogP contribution in [0.15, 0.2) is 36.8 Å². The lowest BCUT2D eigenvalue weighted by atomic mass is 10.1. The van der Waals surface area contributed by atoms with Crippen molar-refractivity contribution in [2.75, 3.05) is 36.5 Å². The molecule has 0 aromatic carbocycles. The van der Waals surface area contributed by atoms with Crippen LogP contribution in [0.3, 0.4) is 0 Å². The predicted molar refractivity (Wildman–Crippen MR) is 83.5 cm³/mol. The number of aromatic nitrogens is 2. The van der Waals surface area contributed by atoms with Gasteiger partial charge in [-0.2, -0.15) is 0 Å². The highest BCUT2D eigenvalue weighted by molar-refractivity contribution is 5.50. The zero-order valence-electron chi connectivity index (χ0n) is 12.5. The predicted octanol–water partition coefficient (Wildman–Crippen LogP) is 2.63. The molecular weight excluding hydrogens is 283 g/mol. The van der Waals surface area contributed by atoms with Crippen LogP contribution >= 0.6 is 0 Å². The maximum atomic E-state index is 13.2. The molecule has 1 atom stereocenters. The van der Waals surface area contributed by atoms with Gasteiger partial charge in [-0.05, 0) is 30.7 Å². The second-order valence-corrected chi connectivity index (χ2v) is 5.30. The van der Waals surface area contributed by atoms with Crippen LogP contribution in [0, 0.1) is 5.82 Å². The van der Waals surface area contributed by atoms with Crippen molar-refractivity contribution in [1.82, 2.24) is 9.97 Å². The summed E-state index contributed by atoms with van der Waals surface area (Å²) in [5.74, 6) is 0.426. The molecule has 1 N–H and O–H groups in total. The highest BCUT2D eigenvalue weighted by Crippen LogP contribution is 2.20. The molecule has 6 heteroatoms. The minimum absolute atomic E-state index is 0.0649. The van der Waals surface area contributed by atoms with Crippen molar-refractivity contribution in [2.24, 2.45) is 0 Å². The quantitative estimate of drug-likeness (QED) is 0.941. The maximum Gasteiger partial charge on any atom is 0.141 e. The van der Waals surface area contributed by atoms with E-state index in [-0.39, 0.29) is 11.9 Å². The molecule has 1 aliphatic rings. The van der Waals surface area contributed by atoms with Gasteiger partial charge in [0.25, 0.3) is 0 Å². The van der Waals surface area contributed by atoms with Crippen LogP contribution in [0.2, 0.25) is 0 Å². The minimum atomic E-state index is -0.332. The van der Waals surface area contributed by atoms with E-state index >= 15 is 0 Å². The second-order valence-electron chi connectivity index (χ2n) is 5.30. The van der Waals surface area contributed by atoms with Crippen LogP contribution in [0.5, 0.6) is 0 Å². The van der Waals surface area contributed by atoms with Crippen molar-refractivity contribution < 1.29 is 9.13 Å². The molecule has 0 amide bonds. The van der Waals surface area contributed by atoms with Crippen molar-refractivity contribution in [2.45, 2.75) is 13.0 Å². The zero-order chi connectivity index (χ0) is 15.4. The summed E-state index contributed by atoms with van der Waals surface area (Å²) in [6.07, 6.45) is 4.71. The largest absolute Gasteiger partial charge is 0.378 e. The monoisotopic (exact) mass is 302 g/mol. The Balaban J connectivity index is 1.65. The standard InChI is InChI=1S/C16H19FN4O/c1-12(13-8-14(17)10-18-9-13)20-16-3-2-15(11-19-16)21-4-6-22-7-5-21/h2-3,8-12H,4-7H2,1H3,(H,19,20). The fourth-order valence-electron chi connectivity index (χ4n) is 2.45. The highest BCUT2D eigenvalue weighted by Gasteiger charge is 2.12. The van der Waals surface area contributed by atoms with Gasteiger partial charge in [-0.15, -0.1) is 0 Å². The molecule has 1 unspecified atom stereocenters. The first-order valence-corrected chi connectivity index (χ1v) is 7.38. The van der Waals surface area contributed by atoms with E-state index in [1.165, 1.54) is 12.3 Å². The van der Waals surface area contributed by atoms with Crippen molar-refractivity contribution in [3.05, 3.63) is 48.2 Å². The van der Waals surface area contributed by atoms with E-state index in [0.717, 1.165) is 43.4 Å². The Kier molecular flexibility index (Phi) is 4.48. The molecule has 0 bridgehead atoms. The van der Waals surface area contributed by atoms with Crippen LogP contribution in [0.1, 0.15) is 18.5 Å². The first kappa shape index (κ1) is 14.7. The molecule has 0 radical (unpaired) electrons. The lowest BCUT2D eigenvalue weighted by molar-refractivity contribution is 0.122. The second kappa shape index (κ2) is 6.70. The first-order chi connectivity index (χ1) is 10.7. The van der Waals surface area contributed by atoms with E-state index in [1.54, 1.807) is 6.20 Å². The molecule has 1 aliphatic heterocycles. The van der Waals surface area contributed by atoms with E-state index in [0.29, 0.717) is 0 Å². The van der Waals surface area contributed by atoms with Gasteiger partial charge in [0.15, 0.2) is 0 Å². The molecule has 3 rings (SSSR count). The molecule has 0 aliphatic carbocycles. The highest BCUT2D eigenvalue weighted by atomic mass is 19.1. The molecule has 22 heavy (non-hydrogen) atoms. The van der Waals surface area contributed by atoms with Crippen LogP contribution in [-0.2, 0) is 4.74 Å². The van der Waals surface area contributed by atoms with Crippen LogP contribution in [0.25, 0.3) is 0 Å². The fraction of sp³-hybridized carbons (Fsp3) is 0.375. The number of pyridine rings is 2. The Labute approximate surface area is 129 Å². The Morgan fingerprint density at radius 1 is 1.23 bits per heavy atom. The molecular formula is C16H19FN4O. The Morgan fingerprint density at radius 3 is 2.73 bits per heavy atom. The van der Waals surface area contributed by atoms with Crippen molar-refractivity contribution in [3.8, 4) is 0 Å². The summed E-state index contributed by atoms with van der Waals surface area (Å²) >= 11 is 0. The number of halogens is 1. The maximum absolute atomic E-state index is 13.2. The summed E-state index contributed by atoms with van der Waals surface area (Å²) in [6.45, 7) is 5.24. The van der Waals surface area contributed by atoms with Gasteiger partial charge in [-0.3, -0.25) is 4.98 Å². The van der Waals surface area contributed by atoms with E-state index in [4.69, 9.17) is 4.74 Å². The van der Waals surface area contributed by atoms with Gasteiger partial charge in [-0.1, -0.05) is 0 Å². The summed E-state index contributed by atoms with van der Waals surface area (Å²) < 4.78 is 18.5. The fourth-order valence-corrected chi connectivity index (χ4v) is 2.45. The summed E-state index contributed by atoms with van der Waals surface area (Å²) in [4.78, 5) is 10.6. The summed E-state index contributed by atoms with van der Waals surface area (Å²) in [7, 11) is 0. The van der Waals surface area contributed by atoms with E-state index in [2.05, 4.69) is 20.2 Å². The van der Waals surface area contributed by atoms with Gasteiger partial charge in [0.05, 0.1) is 37.3 Å². The van der Waals surface area contributed by atoms with Gasteiger partial charge in [0.2, 0.25) is 0 Å². The van der Waals surface area contributed by atoms with Gasteiger partial charge in [-0.25, -0.2) is 9.37 Å². The van der Waals surface area contributed by atoms with Gasteiger partial charge < -0.3 is 15.0 Å².